The molecule has 0 bridgehead atoms. The van der Waals surface area contributed by atoms with Crippen molar-refractivity contribution in [3.05, 3.63) is 35.9 Å². The van der Waals surface area contributed by atoms with Gasteiger partial charge in [0.2, 0.25) is 5.91 Å². The van der Waals surface area contributed by atoms with Crippen molar-refractivity contribution < 1.29 is 4.79 Å². The van der Waals surface area contributed by atoms with Crippen LogP contribution in [0.2, 0.25) is 0 Å². The summed E-state index contributed by atoms with van der Waals surface area (Å²) in [5.41, 5.74) is 6.70. The molecule has 1 aromatic rings. The number of benzene rings is 1. The number of carbonyl (C=O) groups is 1. The second-order valence-electron chi connectivity index (χ2n) is 4.98. The van der Waals surface area contributed by atoms with Crippen LogP contribution in [0.4, 0.5) is 0 Å². The second-order valence-corrected chi connectivity index (χ2v) is 5.50. The number of rotatable bonds is 8. The number of carbonyl (C=O) groups excluding carboxylic acids is 1. The van der Waals surface area contributed by atoms with Crippen molar-refractivity contribution in [2.24, 2.45) is 11.7 Å². The number of thiocarbonyl (C=S) groups is 1. The van der Waals surface area contributed by atoms with Gasteiger partial charge in [-0.3, -0.25) is 4.79 Å². The number of hydrogen-bond donors (Lipinski definition) is 1. The van der Waals surface area contributed by atoms with E-state index in [1.54, 1.807) is 0 Å². The molecular weight excluding hydrogens is 268 g/mol. The zero-order chi connectivity index (χ0) is 15.0. The molecule has 2 N–H and O–H groups in total. The van der Waals surface area contributed by atoms with Crippen molar-refractivity contribution in [2.45, 2.75) is 39.7 Å². The second kappa shape index (κ2) is 8.69. The predicted molar refractivity (Wildman–Crippen MR) is 87.3 cm³/mol. The lowest BCUT2D eigenvalue weighted by Crippen LogP contribution is -2.37. The molecule has 0 saturated heterocycles. The molecule has 3 nitrogen and oxygen atoms in total. The Hall–Kier alpha value is -1.42. The highest BCUT2D eigenvalue weighted by molar-refractivity contribution is 7.80. The SMILES string of the molecule is CCC(CC)C(=O)N(CCC(N)=S)Cc1ccccc1. The number of amides is 1. The highest BCUT2D eigenvalue weighted by Crippen LogP contribution is 2.15. The third kappa shape index (κ3) is 5.29. The van der Waals surface area contributed by atoms with Crippen LogP contribution in [-0.4, -0.2) is 22.3 Å². The third-order valence-corrected chi connectivity index (χ3v) is 3.70. The first-order valence-corrected chi connectivity index (χ1v) is 7.60. The van der Waals surface area contributed by atoms with Crippen molar-refractivity contribution in [1.82, 2.24) is 4.90 Å². The zero-order valence-corrected chi connectivity index (χ0v) is 13.2. The smallest absolute Gasteiger partial charge is 0.225 e. The highest BCUT2D eigenvalue weighted by atomic mass is 32.1. The maximum atomic E-state index is 12.6. The Morgan fingerprint density at radius 2 is 1.85 bits per heavy atom. The molecule has 1 aromatic carbocycles. The predicted octanol–water partition coefficient (Wildman–Crippen LogP) is 3.13. The largest absolute Gasteiger partial charge is 0.393 e. The number of nitrogens with two attached hydrogens (primary N) is 1. The van der Waals surface area contributed by atoms with Crippen LogP contribution in [0, 0.1) is 5.92 Å². The van der Waals surface area contributed by atoms with Crippen molar-refractivity contribution in [1.29, 1.82) is 0 Å². The van der Waals surface area contributed by atoms with E-state index in [-0.39, 0.29) is 11.8 Å². The maximum absolute atomic E-state index is 12.6. The molecule has 110 valence electrons. The fraction of sp³-hybridized carbons (Fsp3) is 0.500. The van der Waals surface area contributed by atoms with Crippen LogP contribution in [0.1, 0.15) is 38.7 Å². The Morgan fingerprint density at radius 3 is 2.35 bits per heavy atom. The van der Waals surface area contributed by atoms with Crippen LogP contribution >= 0.6 is 12.2 Å². The standard InChI is InChI=1S/C16H24N2OS/c1-3-14(4-2)16(19)18(11-10-15(17)20)12-13-8-6-5-7-9-13/h5-9,14H,3-4,10-12H2,1-2H3,(H2,17,20). The molecule has 0 unspecified atom stereocenters. The lowest BCUT2D eigenvalue weighted by atomic mass is 10.0. The van der Waals surface area contributed by atoms with Gasteiger partial charge in [-0.05, 0) is 18.4 Å². The van der Waals surface area contributed by atoms with Gasteiger partial charge in [0, 0.05) is 25.4 Å². The Labute approximate surface area is 127 Å². The van der Waals surface area contributed by atoms with E-state index < -0.39 is 0 Å². The normalized spacial score (nSPS) is 10.6. The molecule has 0 aliphatic carbocycles. The minimum Gasteiger partial charge on any atom is -0.393 e. The summed E-state index contributed by atoms with van der Waals surface area (Å²) in [4.78, 5) is 14.9. The van der Waals surface area contributed by atoms with Gasteiger partial charge in [0.25, 0.3) is 0 Å². The molecule has 0 spiro atoms. The van der Waals surface area contributed by atoms with Crippen LogP contribution in [-0.2, 0) is 11.3 Å². The van der Waals surface area contributed by atoms with Crippen LogP contribution in [0.15, 0.2) is 30.3 Å². The van der Waals surface area contributed by atoms with E-state index in [9.17, 15) is 4.79 Å². The molecule has 0 radical (unpaired) electrons. The van der Waals surface area contributed by atoms with Gasteiger partial charge in [-0.1, -0.05) is 56.4 Å². The average Bonchev–Trinajstić information content (AvgIpc) is 2.45. The number of hydrogen-bond acceptors (Lipinski definition) is 2. The fourth-order valence-electron chi connectivity index (χ4n) is 2.21. The fourth-order valence-corrected chi connectivity index (χ4v) is 2.30. The van der Waals surface area contributed by atoms with E-state index >= 15 is 0 Å². The summed E-state index contributed by atoms with van der Waals surface area (Å²) in [5, 5.41) is 0. The molecule has 0 atom stereocenters. The topological polar surface area (TPSA) is 46.3 Å². The Bertz CT molecular complexity index is 429. The van der Waals surface area contributed by atoms with Crippen molar-refractivity contribution in [3.8, 4) is 0 Å². The van der Waals surface area contributed by atoms with Crippen LogP contribution in [0.25, 0.3) is 0 Å². The quantitative estimate of drug-likeness (QED) is 0.749. The summed E-state index contributed by atoms with van der Waals surface area (Å²) in [7, 11) is 0. The molecule has 4 heteroatoms. The molecule has 20 heavy (non-hydrogen) atoms. The summed E-state index contributed by atoms with van der Waals surface area (Å²) in [5.74, 6) is 0.292. The van der Waals surface area contributed by atoms with Gasteiger partial charge >= 0.3 is 0 Å². The summed E-state index contributed by atoms with van der Waals surface area (Å²) in [6.45, 7) is 5.33. The molecule has 0 fully saturated rings. The van der Waals surface area contributed by atoms with Crippen LogP contribution in [0.3, 0.4) is 0 Å². The van der Waals surface area contributed by atoms with Gasteiger partial charge in [-0.2, -0.15) is 0 Å². The van der Waals surface area contributed by atoms with E-state index in [0.717, 1.165) is 18.4 Å². The minimum atomic E-state index is 0.0880. The molecule has 1 amide bonds. The first-order valence-electron chi connectivity index (χ1n) is 7.19. The van der Waals surface area contributed by atoms with Gasteiger partial charge in [-0.15, -0.1) is 0 Å². The first-order chi connectivity index (χ1) is 9.58. The summed E-state index contributed by atoms with van der Waals surface area (Å²) in [6.07, 6.45) is 2.31. The molecular formula is C16H24N2OS. The molecule has 0 aliphatic heterocycles. The van der Waals surface area contributed by atoms with Crippen molar-refractivity contribution >= 4 is 23.1 Å². The van der Waals surface area contributed by atoms with Crippen LogP contribution < -0.4 is 5.73 Å². The summed E-state index contributed by atoms with van der Waals surface area (Å²) in [6, 6.07) is 10.0. The number of nitrogens with zero attached hydrogens (tertiary/aromatic N) is 1. The van der Waals surface area contributed by atoms with E-state index in [1.807, 2.05) is 35.2 Å². The van der Waals surface area contributed by atoms with E-state index in [0.29, 0.717) is 24.5 Å². The van der Waals surface area contributed by atoms with Gasteiger partial charge in [0.1, 0.15) is 0 Å². The molecule has 1 rings (SSSR count). The van der Waals surface area contributed by atoms with Gasteiger partial charge in [0.05, 0.1) is 4.99 Å². The maximum Gasteiger partial charge on any atom is 0.225 e. The van der Waals surface area contributed by atoms with Gasteiger partial charge in [0.15, 0.2) is 0 Å². The highest BCUT2D eigenvalue weighted by Gasteiger charge is 2.21. The summed E-state index contributed by atoms with van der Waals surface area (Å²) < 4.78 is 0. The lowest BCUT2D eigenvalue weighted by Gasteiger charge is -2.26. The Kier molecular flexibility index (Phi) is 7.23. The monoisotopic (exact) mass is 292 g/mol. The van der Waals surface area contributed by atoms with Gasteiger partial charge < -0.3 is 10.6 Å². The summed E-state index contributed by atoms with van der Waals surface area (Å²) >= 11 is 4.93. The average molecular weight is 292 g/mol. The van der Waals surface area contributed by atoms with E-state index in [4.69, 9.17) is 18.0 Å². The Morgan fingerprint density at radius 1 is 1.25 bits per heavy atom. The van der Waals surface area contributed by atoms with Crippen molar-refractivity contribution in [2.75, 3.05) is 6.54 Å². The van der Waals surface area contributed by atoms with E-state index in [2.05, 4.69) is 13.8 Å². The Balaban J connectivity index is 2.78. The first kappa shape index (κ1) is 16.6. The minimum absolute atomic E-state index is 0.0880. The molecule has 0 aromatic heterocycles. The zero-order valence-electron chi connectivity index (χ0n) is 12.3. The lowest BCUT2D eigenvalue weighted by molar-refractivity contribution is -0.136. The van der Waals surface area contributed by atoms with E-state index in [1.165, 1.54) is 0 Å². The van der Waals surface area contributed by atoms with Crippen molar-refractivity contribution in [3.63, 3.8) is 0 Å². The van der Waals surface area contributed by atoms with Crippen LogP contribution in [0.5, 0.6) is 0 Å². The van der Waals surface area contributed by atoms with Gasteiger partial charge in [-0.25, -0.2) is 0 Å². The molecule has 0 saturated carbocycles. The molecule has 0 aliphatic rings. The molecule has 0 heterocycles. The third-order valence-electron chi connectivity index (χ3n) is 3.49.